The van der Waals surface area contributed by atoms with Crippen LogP contribution in [0.5, 0.6) is 5.75 Å². The Labute approximate surface area is 178 Å². The zero-order valence-corrected chi connectivity index (χ0v) is 18.5. The highest BCUT2D eigenvalue weighted by Gasteiger charge is 2.27. The van der Waals surface area contributed by atoms with Crippen molar-refractivity contribution in [2.75, 3.05) is 38.7 Å². The first-order valence-corrected chi connectivity index (χ1v) is 11.2. The molecule has 1 aliphatic rings. The molecule has 1 saturated heterocycles. The van der Waals surface area contributed by atoms with E-state index in [1.165, 1.54) is 23.5 Å². The van der Waals surface area contributed by atoms with Gasteiger partial charge in [0.25, 0.3) is 5.91 Å². The molecule has 0 atom stereocenters. The van der Waals surface area contributed by atoms with Crippen molar-refractivity contribution < 1.29 is 22.7 Å². The van der Waals surface area contributed by atoms with E-state index in [0.29, 0.717) is 43.3 Å². The summed E-state index contributed by atoms with van der Waals surface area (Å²) in [4.78, 5) is 12.8. The molecule has 0 aromatic heterocycles. The Morgan fingerprint density at radius 2 is 1.89 bits per heavy atom. The molecule has 1 fully saturated rings. The van der Waals surface area contributed by atoms with Gasteiger partial charge in [-0.25, -0.2) is 8.42 Å². The molecule has 1 aliphatic heterocycles. The molecule has 1 heterocycles. The van der Waals surface area contributed by atoms with Gasteiger partial charge in [-0.1, -0.05) is 11.6 Å². The number of sulfonamides is 1. The van der Waals surface area contributed by atoms with Gasteiger partial charge in [0, 0.05) is 16.7 Å². The van der Waals surface area contributed by atoms with Crippen LogP contribution in [0.4, 0.5) is 5.69 Å². The lowest BCUT2D eigenvalue weighted by Gasteiger charge is -2.26. The van der Waals surface area contributed by atoms with Crippen LogP contribution in [0, 0.1) is 10.5 Å². The number of morpholine rings is 1. The molecule has 150 valence electrons. The number of ether oxygens (including phenoxy) is 2. The van der Waals surface area contributed by atoms with Crippen LogP contribution in [0.3, 0.4) is 0 Å². The molecule has 3 rings (SSSR count). The van der Waals surface area contributed by atoms with Crippen LogP contribution in [0.15, 0.2) is 41.3 Å². The number of methoxy groups -OCH3 is 1. The van der Waals surface area contributed by atoms with Crippen LogP contribution in [0.2, 0.25) is 0 Å². The maximum atomic E-state index is 12.9. The second kappa shape index (κ2) is 8.76. The summed E-state index contributed by atoms with van der Waals surface area (Å²) in [6.07, 6.45) is 0. The van der Waals surface area contributed by atoms with Crippen molar-refractivity contribution in [3.63, 3.8) is 0 Å². The smallest absolute Gasteiger partial charge is 0.256 e. The van der Waals surface area contributed by atoms with Gasteiger partial charge in [0.15, 0.2) is 0 Å². The Morgan fingerprint density at radius 1 is 1.18 bits per heavy atom. The molecule has 9 heteroatoms. The summed E-state index contributed by atoms with van der Waals surface area (Å²) in [5.41, 5.74) is 1.87. The highest BCUT2D eigenvalue weighted by molar-refractivity contribution is 14.1. The van der Waals surface area contributed by atoms with Gasteiger partial charge in [-0.2, -0.15) is 4.31 Å². The normalized spacial score (nSPS) is 15.2. The lowest BCUT2D eigenvalue weighted by molar-refractivity contribution is 0.0730. The number of hydrogen-bond acceptors (Lipinski definition) is 5. The van der Waals surface area contributed by atoms with Gasteiger partial charge >= 0.3 is 0 Å². The number of hydrogen-bond donors (Lipinski definition) is 1. The third-order valence-corrected chi connectivity index (χ3v) is 7.18. The number of amides is 1. The van der Waals surface area contributed by atoms with Gasteiger partial charge in [0.05, 0.1) is 36.5 Å². The first-order chi connectivity index (χ1) is 13.3. The van der Waals surface area contributed by atoms with Crippen molar-refractivity contribution in [3.8, 4) is 5.75 Å². The summed E-state index contributed by atoms with van der Waals surface area (Å²) in [5.74, 6) is 0.0556. The minimum absolute atomic E-state index is 0.101. The molecule has 7 nitrogen and oxygen atoms in total. The number of benzene rings is 2. The van der Waals surface area contributed by atoms with E-state index < -0.39 is 10.0 Å². The van der Waals surface area contributed by atoms with Crippen LogP contribution in [0.1, 0.15) is 15.9 Å². The van der Waals surface area contributed by atoms with Crippen molar-refractivity contribution in [3.05, 3.63) is 51.1 Å². The number of nitrogens with one attached hydrogen (secondary N) is 1. The lowest BCUT2D eigenvalue weighted by atomic mass is 10.1. The average molecular weight is 516 g/mol. The number of anilines is 1. The molecule has 0 aliphatic carbocycles. The third-order valence-electron chi connectivity index (χ3n) is 4.40. The number of carbonyl (C=O) groups is 1. The van der Waals surface area contributed by atoms with Crippen molar-refractivity contribution >= 4 is 44.2 Å². The molecular formula is C19H21IN2O5S. The third kappa shape index (κ3) is 4.48. The van der Waals surface area contributed by atoms with Crippen molar-refractivity contribution in [2.24, 2.45) is 0 Å². The van der Waals surface area contributed by atoms with Crippen LogP contribution in [-0.2, 0) is 14.8 Å². The highest BCUT2D eigenvalue weighted by Crippen LogP contribution is 2.30. The van der Waals surface area contributed by atoms with E-state index in [1.54, 1.807) is 12.1 Å². The van der Waals surface area contributed by atoms with Gasteiger partial charge in [-0.05, 0) is 59.8 Å². The largest absolute Gasteiger partial charge is 0.495 e. The maximum Gasteiger partial charge on any atom is 0.256 e. The number of aryl methyl sites for hydroxylation is 1. The van der Waals surface area contributed by atoms with Gasteiger partial charge in [0.1, 0.15) is 5.75 Å². The predicted molar refractivity (Wildman–Crippen MR) is 114 cm³/mol. The summed E-state index contributed by atoms with van der Waals surface area (Å²) >= 11 is 2.10. The summed E-state index contributed by atoms with van der Waals surface area (Å²) in [6, 6.07) is 9.97. The number of rotatable bonds is 5. The summed E-state index contributed by atoms with van der Waals surface area (Å²) in [5, 5.41) is 2.78. The van der Waals surface area contributed by atoms with E-state index in [0.717, 1.165) is 9.13 Å². The Morgan fingerprint density at radius 3 is 2.54 bits per heavy atom. The monoisotopic (exact) mass is 516 g/mol. The standard InChI is InChI=1S/C19H21IN2O5S/c1-13-3-5-15(16(20)11-13)19(23)21-17-12-14(4-6-18(17)26-2)28(24,25)22-7-9-27-10-8-22/h3-6,11-12H,7-10H2,1-2H3,(H,21,23). The fourth-order valence-electron chi connectivity index (χ4n) is 2.88. The minimum Gasteiger partial charge on any atom is -0.495 e. The van der Waals surface area contributed by atoms with Crippen LogP contribution < -0.4 is 10.1 Å². The average Bonchev–Trinajstić information content (AvgIpc) is 2.68. The molecule has 0 bridgehead atoms. The molecule has 2 aromatic carbocycles. The van der Waals surface area contributed by atoms with E-state index >= 15 is 0 Å². The van der Waals surface area contributed by atoms with Crippen molar-refractivity contribution in [2.45, 2.75) is 11.8 Å². The highest BCUT2D eigenvalue weighted by atomic mass is 127. The van der Waals surface area contributed by atoms with Crippen LogP contribution in [0.25, 0.3) is 0 Å². The molecule has 0 spiro atoms. The zero-order valence-electron chi connectivity index (χ0n) is 15.6. The number of carbonyl (C=O) groups excluding carboxylic acids is 1. The Bertz CT molecular complexity index is 988. The summed E-state index contributed by atoms with van der Waals surface area (Å²) < 4.78 is 38.5. The fraction of sp³-hybridized carbons (Fsp3) is 0.316. The van der Waals surface area contributed by atoms with Gasteiger partial charge in [-0.15, -0.1) is 0 Å². The Hall–Kier alpha value is -1.69. The molecule has 0 unspecified atom stereocenters. The fourth-order valence-corrected chi connectivity index (χ4v) is 5.23. The minimum atomic E-state index is -3.68. The first kappa shape index (κ1) is 21.0. The summed E-state index contributed by atoms with van der Waals surface area (Å²) in [7, 11) is -2.21. The molecule has 0 radical (unpaired) electrons. The maximum absolute atomic E-state index is 12.9. The second-order valence-electron chi connectivity index (χ2n) is 6.32. The van der Waals surface area contributed by atoms with E-state index in [9.17, 15) is 13.2 Å². The molecule has 0 saturated carbocycles. The Kier molecular flexibility index (Phi) is 6.58. The van der Waals surface area contributed by atoms with E-state index in [-0.39, 0.29) is 10.8 Å². The zero-order chi connectivity index (χ0) is 20.3. The summed E-state index contributed by atoms with van der Waals surface area (Å²) in [6.45, 7) is 3.29. The van der Waals surface area contributed by atoms with Gasteiger partial charge in [0.2, 0.25) is 10.0 Å². The quantitative estimate of drug-likeness (QED) is 0.619. The number of halogens is 1. The van der Waals surface area contributed by atoms with E-state index in [1.807, 2.05) is 19.1 Å². The van der Waals surface area contributed by atoms with Crippen molar-refractivity contribution in [1.29, 1.82) is 0 Å². The van der Waals surface area contributed by atoms with Gasteiger partial charge < -0.3 is 14.8 Å². The lowest BCUT2D eigenvalue weighted by Crippen LogP contribution is -2.40. The first-order valence-electron chi connectivity index (χ1n) is 8.66. The molecule has 1 amide bonds. The van der Waals surface area contributed by atoms with E-state index in [2.05, 4.69) is 27.9 Å². The topological polar surface area (TPSA) is 84.9 Å². The molecular weight excluding hydrogens is 495 g/mol. The second-order valence-corrected chi connectivity index (χ2v) is 9.42. The Balaban J connectivity index is 1.92. The predicted octanol–water partition coefficient (Wildman–Crippen LogP) is 2.88. The molecule has 28 heavy (non-hydrogen) atoms. The molecule has 2 aromatic rings. The number of nitrogens with zero attached hydrogens (tertiary/aromatic N) is 1. The SMILES string of the molecule is COc1ccc(S(=O)(=O)N2CCOCC2)cc1NC(=O)c1ccc(C)cc1I. The van der Waals surface area contributed by atoms with Crippen LogP contribution in [-0.4, -0.2) is 52.0 Å². The van der Waals surface area contributed by atoms with Crippen LogP contribution >= 0.6 is 22.6 Å². The molecule has 1 N–H and O–H groups in total. The van der Waals surface area contributed by atoms with Gasteiger partial charge in [-0.3, -0.25) is 4.79 Å². The van der Waals surface area contributed by atoms with E-state index in [4.69, 9.17) is 9.47 Å². The van der Waals surface area contributed by atoms with Crippen molar-refractivity contribution in [1.82, 2.24) is 4.31 Å².